The van der Waals surface area contributed by atoms with E-state index in [-0.39, 0.29) is 5.91 Å². The summed E-state index contributed by atoms with van der Waals surface area (Å²) in [7, 11) is 0. The molecular formula is C9H15N3OS2. The first kappa shape index (κ1) is 11.3. The van der Waals surface area contributed by atoms with Crippen LogP contribution in [0, 0.1) is 0 Å². The van der Waals surface area contributed by atoms with E-state index in [0.717, 1.165) is 43.6 Å². The smallest absolute Gasteiger partial charge is 0.238 e. The first-order valence-electron chi connectivity index (χ1n) is 5.17. The van der Waals surface area contributed by atoms with Gasteiger partial charge in [0.1, 0.15) is 4.32 Å². The van der Waals surface area contributed by atoms with Crippen molar-refractivity contribution in [2.24, 2.45) is 0 Å². The predicted molar refractivity (Wildman–Crippen MR) is 66.1 cm³/mol. The van der Waals surface area contributed by atoms with Gasteiger partial charge < -0.3 is 5.32 Å². The number of hydrogen-bond donors (Lipinski definition) is 1. The molecule has 2 aliphatic heterocycles. The van der Waals surface area contributed by atoms with Crippen molar-refractivity contribution in [3.8, 4) is 0 Å². The Morgan fingerprint density at radius 3 is 2.67 bits per heavy atom. The molecule has 0 saturated carbocycles. The van der Waals surface area contributed by atoms with Crippen molar-refractivity contribution in [3.05, 3.63) is 0 Å². The van der Waals surface area contributed by atoms with E-state index in [1.165, 1.54) is 11.8 Å². The molecular weight excluding hydrogens is 230 g/mol. The molecule has 1 N–H and O–H groups in total. The van der Waals surface area contributed by atoms with Gasteiger partial charge in [0.2, 0.25) is 5.91 Å². The van der Waals surface area contributed by atoms with Crippen LogP contribution < -0.4 is 5.32 Å². The van der Waals surface area contributed by atoms with E-state index in [1.807, 2.05) is 0 Å². The molecule has 0 aromatic carbocycles. The van der Waals surface area contributed by atoms with Gasteiger partial charge in [-0.2, -0.15) is 0 Å². The number of nitrogens with one attached hydrogen (secondary N) is 1. The number of carbonyl (C=O) groups is 1. The summed E-state index contributed by atoms with van der Waals surface area (Å²) in [6, 6.07) is 0. The second-order valence-electron chi connectivity index (χ2n) is 3.69. The van der Waals surface area contributed by atoms with Crippen molar-refractivity contribution in [2.45, 2.75) is 0 Å². The lowest BCUT2D eigenvalue weighted by atomic mass is 10.3. The molecule has 0 bridgehead atoms. The van der Waals surface area contributed by atoms with Crippen LogP contribution in [-0.4, -0.2) is 65.0 Å². The Bertz CT molecular complexity index is 250. The van der Waals surface area contributed by atoms with Gasteiger partial charge in [-0.1, -0.05) is 24.0 Å². The Hall–Kier alpha value is -0.170. The van der Waals surface area contributed by atoms with Gasteiger partial charge in [-0.3, -0.25) is 14.6 Å². The van der Waals surface area contributed by atoms with Gasteiger partial charge in [-0.05, 0) is 0 Å². The van der Waals surface area contributed by atoms with E-state index in [1.54, 1.807) is 4.90 Å². The largest absolute Gasteiger partial charge is 0.314 e. The highest BCUT2D eigenvalue weighted by Crippen LogP contribution is 2.18. The van der Waals surface area contributed by atoms with Crippen LogP contribution in [-0.2, 0) is 4.79 Å². The third-order valence-electron chi connectivity index (χ3n) is 2.69. The van der Waals surface area contributed by atoms with Crippen molar-refractivity contribution in [2.75, 3.05) is 45.0 Å². The zero-order chi connectivity index (χ0) is 10.7. The lowest BCUT2D eigenvalue weighted by Crippen LogP contribution is -2.46. The van der Waals surface area contributed by atoms with Crippen LogP contribution in [0.4, 0.5) is 0 Å². The molecule has 15 heavy (non-hydrogen) atoms. The van der Waals surface area contributed by atoms with Crippen molar-refractivity contribution in [1.82, 2.24) is 15.1 Å². The standard InChI is InChI=1S/C9H15N3OS2/c13-8-7-15-9(14)12(8)6-5-11-3-1-10-2-4-11/h10H,1-7H2. The maximum atomic E-state index is 11.4. The second kappa shape index (κ2) is 5.25. The van der Waals surface area contributed by atoms with Crippen molar-refractivity contribution >= 4 is 34.2 Å². The molecule has 0 aromatic heterocycles. The average Bonchev–Trinajstić information content (AvgIpc) is 2.58. The number of rotatable bonds is 3. The second-order valence-corrected chi connectivity index (χ2v) is 5.30. The number of amides is 1. The van der Waals surface area contributed by atoms with Crippen molar-refractivity contribution in [1.29, 1.82) is 0 Å². The summed E-state index contributed by atoms with van der Waals surface area (Å²) in [5.74, 6) is 0.695. The fraction of sp³-hybridized carbons (Fsp3) is 0.778. The molecule has 2 aliphatic rings. The van der Waals surface area contributed by atoms with Gasteiger partial charge in [0.05, 0.1) is 5.75 Å². The highest BCUT2D eigenvalue weighted by Gasteiger charge is 2.26. The van der Waals surface area contributed by atoms with Crippen LogP contribution in [0.5, 0.6) is 0 Å². The van der Waals surface area contributed by atoms with E-state index in [4.69, 9.17) is 12.2 Å². The van der Waals surface area contributed by atoms with Crippen LogP contribution in [0.3, 0.4) is 0 Å². The number of thiocarbonyl (C=S) groups is 1. The Labute approximate surface area is 99.4 Å². The molecule has 2 saturated heterocycles. The Balaban J connectivity index is 1.76. The lowest BCUT2D eigenvalue weighted by molar-refractivity contribution is -0.124. The van der Waals surface area contributed by atoms with Crippen LogP contribution in [0.2, 0.25) is 0 Å². The molecule has 4 nitrogen and oxygen atoms in total. The third-order valence-corrected chi connectivity index (χ3v) is 4.12. The van der Waals surface area contributed by atoms with Gasteiger partial charge in [-0.25, -0.2) is 0 Å². The van der Waals surface area contributed by atoms with E-state index < -0.39 is 0 Å². The normalized spacial score (nSPS) is 23.9. The third kappa shape index (κ3) is 2.90. The van der Waals surface area contributed by atoms with Gasteiger partial charge in [0.25, 0.3) is 0 Å². The summed E-state index contributed by atoms with van der Waals surface area (Å²) in [4.78, 5) is 15.6. The minimum absolute atomic E-state index is 0.167. The van der Waals surface area contributed by atoms with Crippen LogP contribution in [0.1, 0.15) is 0 Å². The summed E-state index contributed by atoms with van der Waals surface area (Å²) >= 11 is 6.60. The molecule has 0 radical (unpaired) electrons. The zero-order valence-corrected chi connectivity index (χ0v) is 10.2. The number of hydrogen-bond acceptors (Lipinski definition) is 5. The Morgan fingerprint density at radius 2 is 2.07 bits per heavy atom. The topological polar surface area (TPSA) is 35.6 Å². The first-order chi connectivity index (χ1) is 7.27. The minimum atomic E-state index is 0.167. The van der Waals surface area contributed by atoms with Crippen LogP contribution >= 0.6 is 24.0 Å². The highest BCUT2D eigenvalue weighted by atomic mass is 32.2. The number of nitrogens with zero attached hydrogens (tertiary/aromatic N) is 2. The predicted octanol–water partition coefficient (Wildman–Crippen LogP) is -0.248. The SMILES string of the molecule is O=C1CSC(=S)N1CCN1CCNCC1. The fourth-order valence-corrected chi connectivity index (χ4v) is 2.89. The van der Waals surface area contributed by atoms with Crippen LogP contribution in [0.15, 0.2) is 0 Å². The first-order valence-corrected chi connectivity index (χ1v) is 6.57. The number of carbonyl (C=O) groups excluding carboxylic acids is 1. The molecule has 1 amide bonds. The highest BCUT2D eigenvalue weighted by molar-refractivity contribution is 8.23. The number of piperazine rings is 1. The minimum Gasteiger partial charge on any atom is -0.314 e. The Kier molecular flexibility index (Phi) is 3.96. The molecule has 0 spiro atoms. The zero-order valence-electron chi connectivity index (χ0n) is 8.57. The quantitative estimate of drug-likeness (QED) is 0.694. The summed E-state index contributed by atoms with van der Waals surface area (Å²) in [5.41, 5.74) is 0. The van der Waals surface area contributed by atoms with Gasteiger partial charge >= 0.3 is 0 Å². The van der Waals surface area contributed by atoms with E-state index in [9.17, 15) is 4.79 Å². The molecule has 84 valence electrons. The molecule has 0 unspecified atom stereocenters. The monoisotopic (exact) mass is 245 g/mol. The molecule has 2 fully saturated rings. The fourth-order valence-electron chi connectivity index (χ4n) is 1.77. The molecule has 0 aliphatic carbocycles. The summed E-state index contributed by atoms with van der Waals surface area (Å²) in [6.07, 6.45) is 0. The van der Waals surface area contributed by atoms with Crippen molar-refractivity contribution < 1.29 is 4.79 Å². The average molecular weight is 245 g/mol. The molecule has 0 atom stereocenters. The number of thioether (sulfide) groups is 1. The summed E-state index contributed by atoms with van der Waals surface area (Å²) in [6.45, 7) is 5.93. The van der Waals surface area contributed by atoms with E-state index in [2.05, 4.69) is 10.2 Å². The summed E-state index contributed by atoms with van der Waals surface area (Å²) < 4.78 is 0.745. The molecule has 2 rings (SSSR count). The van der Waals surface area contributed by atoms with Gasteiger partial charge in [-0.15, -0.1) is 0 Å². The molecule has 0 aromatic rings. The van der Waals surface area contributed by atoms with E-state index in [0.29, 0.717) is 5.75 Å². The van der Waals surface area contributed by atoms with Crippen LogP contribution in [0.25, 0.3) is 0 Å². The Morgan fingerprint density at radius 1 is 1.33 bits per heavy atom. The lowest BCUT2D eigenvalue weighted by Gasteiger charge is -2.28. The van der Waals surface area contributed by atoms with Crippen molar-refractivity contribution in [3.63, 3.8) is 0 Å². The molecule has 2 heterocycles. The molecule has 6 heteroatoms. The van der Waals surface area contributed by atoms with Gasteiger partial charge in [0, 0.05) is 39.3 Å². The summed E-state index contributed by atoms with van der Waals surface area (Å²) in [5, 5.41) is 3.31. The maximum absolute atomic E-state index is 11.4. The van der Waals surface area contributed by atoms with Gasteiger partial charge in [0.15, 0.2) is 0 Å². The van der Waals surface area contributed by atoms with E-state index >= 15 is 0 Å². The maximum Gasteiger partial charge on any atom is 0.238 e.